The number of aromatic nitrogens is 3. The molecule has 1 saturated carbocycles. The van der Waals surface area contributed by atoms with Crippen molar-refractivity contribution in [1.29, 1.82) is 0 Å². The molecule has 2 aromatic heterocycles. The molecule has 39 heavy (non-hydrogen) atoms. The van der Waals surface area contributed by atoms with Gasteiger partial charge >= 0.3 is 6.18 Å². The molecule has 0 saturated heterocycles. The molecule has 0 spiro atoms. The molecule has 2 aliphatic rings. The van der Waals surface area contributed by atoms with Crippen LogP contribution in [0, 0.1) is 12.8 Å². The van der Waals surface area contributed by atoms with Crippen molar-refractivity contribution in [3.8, 4) is 16.9 Å². The van der Waals surface area contributed by atoms with Crippen molar-refractivity contribution in [2.45, 2.75) is 51.7 Å². The number of alkyl halides is 3. The lowest BCUT2D eigenvalue weighted by Crippen LogP contribution is -2.29. The molecule has 0 radical (unpaired) electrons. The van der Waals surface area contributed by atoms with Gasteiger partial charge in [-0.3, -0.25) is 0 Å². The van der Waals surface area contributed by atoms with Crippen molar-refractivity contribution in [3.05, 3.63) is 75.6 Å². The lowest BCUT2D eigenvalue weighted by atomic mass is 10.1. The number of hydrogen-bond acceptors (Lipinski definition) is 4. The Kier molecular flexibility index (Phi) is 7.46. The zero-order chi connectivity index (χ0) is 26.6. The molecule has 0 amide bonds. The van der Waals surface area contributed by atoms with Crippen LogP contribution in [0.4, 0.5) is 19.0 Å². The predicted molar refractivity (Wildman–Crippen MR) is 149 cm³/mol. The molecule has 206 valence electrons. The zero-order valence-corrected chi connectivity index (χ0v) is 23.3. The molecule has 4 aromatic rings. The minimum absolute atomic E-state index is 0. The van der Waals surface area contributed by atoms with Crippen LogP contribution in [-0.2, 0) is 25.6 Å². The second-order valence-corrected chi connectivity index (χ2v) is 10.7. The number of ether oxygens (including phenoxy) is 1. The maximum Gasteiger partial charge on any atom is 0.416 e. The first-order chi connectivity index (χ1) is 18.2. The van der Waals surface area contributed by atoms with Crippen LogP contribution < -0.4 is 9.64 Å². The summed E-state index contributed by atoms with van der Waals surface area (Å²) in [4.78, 5) is 7.38. The molecule has 0 atom stereocenters. The molecule has 2 aromatic carbocycles. The van der Waals surface area contributed by atoms with Crippen LogP contribution in [0.2, 0.25) is 5.02 Å². The van der Waals surface area contributed by atoms with E-state index in [1.165, 1.54) is 17.7 Å². The smallest absolute Gasteiger partial charge is 0.416 e. The highest BCUT2D eigenvalue weighted by molar-refractivity contribution is 6.33. The van der Waals surface area contributed by atoms with Crippen molar-refractivity contribution in [1.82, 2.24) is 14.6 Å². The number of methoxy groups -OCH3 is 1. The third-order valence-electron chi connectivity index (χ3n) is 7.51. The van der Waals surface area contributed by atoms with E-state index < -0.39 is 11.7 Å². The third-order valence-corrected chi connectivity index (χ3v) is 7.82. The fourth-order valence-corrected chi connectivity index (χ4v) is 5.70. The van der Waals surface area contributed by atoms with Gasteiger partial charge in [0.25, 0.3) is 0 Å². The van der Waals surface area contributed by atoms with Gasteiger partial charge in [0.15, 0.2) is 5.65 Å². The summed E-state index contributed by atoms with van der Waals surface area (Å²) in [6.45, 7) is 3.28. The molecule has 2 heterocycles. The van der Waals surface area contributed by atoms with E-state index in [2.05, 4.69) is 4.90 Å². The standard InChI is InChI=1S/C29H28ClF3N4O.ClH/c1-17-26(22-13-12-21(38-2)14-24(22)30)27-34-25-5-3-4-23(25)28(37(27)35-17)36(15-18-6-7-18)16-19-8-10-20(11-9-19)29(31,32)33;/h8-14,18H,3-7,15-16H2,1-2H3;1H. The predicted octanol–water partition coefficient (Wildman–Crippen LogP) is 7.71. The van der Waals surface area contributed by atoms with Gasteiger partial charge in [-0.1, -0.05) is 23.7 Å². The second-order valence-electron chi connectivity index (χ2n) is 10.3. The number of hydrogen-bond donors (Lipinski definition) is 0. The van der Waals surface area contributed by atoms with E-state index in [1.54, 1.807) is 25.3 Å². The van der Waals surface area contributed by atoms with Gasteiger partial charge in [-0.15, -0.1) is 12.4 Å². The summed E-state index contributed by atoms with van der Waals surface area (Å²) >= 11 is 6.69. The summed E-state index contributed by atoms with van der Waals surface area (Å²) in [5, 5.41) is 5.52. The Hall–Kier alpha value is -2.97. The molecule has 0 aliphatic heterocycles. The fourth-order valence-electron chi connectivity index (χ4n) is 5.44. The zero-order valence-electron chi connectivity index (χ0n) is 21.7. The van der Waals surface area contributed by atoms with Crippen molar-refractivity contribution in [2.24, 2.45) is 5.92 Å². The molecule has 1 fully saturated rings. The molecule has 2 aliphatic carbocycles. The average molecular weight is 577 g/mol. The fraction of sp³-hybridized carbons (Fsp3) is 0.379. The maximum atomic E-state index is 13.2. The Morgan fingerprint density at radius 3 is 2.49 bits per heavy atom. The largest absolute Gasteiger partial charge is 0.497 e. The second kappa shape index (κ2) is 10.5. The lowest BCUT2D eigenvalue weighted by Gasteiger charge is -2.28. The van der Waals surface area contributed by atoms with E-state index in [9.17, 15) is 13.2 Å². The molecule has 0 N–H and O–H groups in total. The van der Waals surface area contributed by atoms with Crippen LogP contribution in [0.3, 0.4) is 0 Å². The molecular weight excluding hydrogens is 548 g/mol. The Bertz CT molecular complexity index is 1510. The summed E-state index contributed by atoms with van der Waals surface area (Å²) in [6, 6.07) is 11.1. The minimum atomic E-state index is -4.35. The van der Waals surface area contributed by atoms with Crippen LogP contribution in [0.25, 0.3) is 16.8 Å². The monoisotopic (exact) mass is 576 g/mol. The first-order valence-corrected chi connectivity index (χ1v) is 13.3. The van der Waals surface area contributed by atoms with E-state index >= 15 is 0 Å². The molecule has 5 nitrogen and oxygen atoms in total. The summed E-state index contributed by atoms with van der Waals surface area (Å²) in [5.41, 5.74) is 5.73. The highest BCUT2D eigenvalue weighted by Gasteiger charge is 2.32. The van der Waals surface area contributed by atoms with Crippen molar-refractivity contribution in [3.63, 3.8) is 0 Å². The third kappa shape index (κ3) is 5.29. The highest BCUT2D eigenvalue weighted by Crippen LogP contribution is 2.41. The van der Waals surface area contributed by atoms with Crippen LogP contribution in [-0.4, -0.2) is 28.3 Å². The number of anilines is 1. The number of nitrogens with zero attached hydrogens (tertiary/aromatic N) is 4. The summed E-state index contributed by atoms with van der Waals surface area (Å²) < 4.78 is 46.7. The summed E-state index contributed by atoms with van der Waals surface area (Å²) in [5.74, 6) is 2.24. The van der Waals surface area contributed by atoms with E-state index in [4.69, 9.17) is 26.4 Å². The quantitative estimate of drug-likeness (QED) is 0.226. The Morgan fingerprint density at radius 2 is 1.85 bits per heavy atom. The van der Waals surface area contributed by atoms with Crippen LogP contribution in [0.15, 0.2) is 42.5 Å². The van der Waals surface area contributed by atoms with Gasteiger partial charge in [0.1, 0.15) is 11.6 Å². The van der Waals surface area contributed by atoms with E-state index in [0.29, 0.717) is 23.2 Å². The molecule has 0 unspecified atom stereocenters. The number of benzene rings is 2. The Labute approximate surface area is 236 Å². The first-order valence-electron chi connectivity index (χ1n) is 12.9. The average Bonchev–Trinajstić information content (AvgIpc) is 3.47. The van der Waals surface area contributed by atoms with Crippen molar-refractivity contribution < 1.29 is 17.9 Å². The SMILES string of the molecule is COc1ccc(-c2c(C)nn3c(N(Cc4ccc(C(F)(F)F)cc4)CC4CC4)c4c(nc23)CCC4)c(Cl)c1.Cl. The first kappa shape index (κ1) is 27.6. The Balaban J connectivity index is 0.00000308. The number of fused-ring (bicyclic) bond motifs is 2. The van der Waals surface area contributed by atoms with Gasteiger partial charge in [-0.2, -0.15) is 22.8 Å². The number of aryl methyl sites for hydroxylation is 2. The summed E-state index contributed by atoms with van der Waals surface area (Å²) in [7, 11) is 1.61. The minimum Gasteiger partial charge on any atom is -0.497 e. The molecule has 6 rings (SSSR count). The van der Waals surface area contributed by atoms with E-state index in [1.807, 2.05) is 23.6 Å². The maximum absolute atomic E-state index is 13.2. The number of halogens is 5. The van der Waals surface area contributed by atoms with E-state index in [0.717, 1.165) is 78.2 Å². The van der Waals surface area contributed by atoms with Crippen molar-refractivity contribution >= 4 is 35.5 Å². The van der Waals surface area contributed by atoms with Gasteiger partial charge < -0.3 is 9.64 Å². The van der Waals surface area contributed by atoms with Gasteiger partial charge in [-0.25, -0.2) is 4.98 Å². The van der Waals surface area contributed by atoms with Gasteiger partial charge in [0.2, 0.25) is 0 Å². The van der Waals surface area contributed by atoms with Crippen LogP contribution >= 0.6 is 24.0 Å². The number of rotatable bonds is 7. The topological polar surface area (TPSA) is 42.7 Å². The summed E-state index contributed by atoms with van der Waals surface area (Å²) in [6.07, 6.45) is 0.763. The molecular formula is C29H29Cl2F3N4O. The molecule has 10 heteroatoms. The van der Waals surface area contributed by atoms with E-state index in [-0.39, 0.29) is 12.4 Å². The van der Waals surface area contributed by atoms with Gasteiger partial charge in [-0.05, 0) is 80.8 Å². The highest BCUT2D eigenvalue weighted by atomic mass is 35.5. The van der Waals surface area contributed by atoms with Crippen molar-refractivity contribution in [2.75, 3.05) is 18.6 Å². The van der Waals surface area contributed by atoms with Crippen LogP contribution in [0.5, 0.6) is 5.75 Å². The lowest BCUT2D eigenvalue weighted by molar-refractivity contribution is -0.137. The Morgan fingerprint density at radius 1 is 1.10 bits per heavy atom. The normalized spacial score (nSPS) is 14.8. The van der Waals surface area contributed by atoms with Gasteiger partial charge in [0.05, 0.1) is 29.0 Å². The van der Waals surface area contributed by atoms with Gasteiger partial charge in [0, 0.05) is 29.9 Å². The molecule has 0 bridgehead atoms. The van der Waals surface area contributed by atoms with Crippen LogP contribution in [0.1, 0.15) is 47.3 Å².